The molecule has 1 fully saturated rings. The summed E-state index contributed by atoms with van der Waals surface area (Å²) in [5, 5.41) is 11.2. The van der Waals surface area contributed by atoms with Crippen LogP contribution in [0, 0.1) is 21.7 Å². The molecule has 1 heterocycles. The zero-order chi connectivity index (χ0) is 17.3. The zero-order valence-electron chi connectivity index (χ0n) is 13.0. The number of hydrogen-bond acceptors (Lipinski definition) is 4. The minimum Gasteiger partial charge on any atom is -0.367 e. The standard InChI is InChI=1S/C17H16F2N2O3/c1-11-9-20(15-7-6-14(19)8-16(15)21(22)23)10-17(24-11)12-2-4-13(18)5-3-12/h2-8,11,17H,9-10H2,1H3. The molecule has 24 heavy (non-hydrogen) atoms. The van der Waals surface area contributed by atoms with E-state index in [2.05, 4.69) is 0 Å². The normalized spacial score (nSPS) is 20.9. The molecule has 0 amide bonds. The van der Waals surface area contributed by atoms with Gasteiger partial charge in [0, 0.05) is 13.1 Å². The quantitative estimate of drug-likeness (QED) is 0.632. The van der Waals surface area contributed by atoms with Crippen molar-refractivity contribution in [2.45, 2.75) is 19.1 Å². The van der Waals surface area contributed by atoms with Crippen molar-refractivity contribution in [1.82, 2.24) is 0 Å². The minimum atomic E-state index is -0.651. The van der Waals surface area contributed by atoms with Crippen LogP contribution >= 0.6 is 0 Å². The lowest BCUT2D eigenvalue weighted by Gasteiger charge is -2.38. The van der Waals surface area contributed by atoms with E-state index in [-0.39, 0.29) is 23.7 Å². The van der Waals surface area contributed by atoms with Crippen LogP contribution in [0.15, 0.2) is 42.5 Å². The van der Waals surface area contributed by atoms with Crippen molar-refractivity contribution in [3.05, 3.63) is 69.8 Å². The number of nitro benzene ring substituents is 1. The Kier molecular flexibility index (Phi) is 4.44. The lowest BCUT2D eigenvalue weighted by atomic mass is 10.1. The Balaban J connectivity index is 1.91. The van der Waals surface area contributed by atoms with Gasteiger partial charge in [0.25, 0.3) is 5.69 Å². The SMILES string of the molecule is CC1CN(c2ccc(F)cc2[N+](=O)[O-])CC(c2ccc(F)cc2)O1. The second kappa shape index (κ2) is 6.52. The van der Waals surface area contributed by atoms with Crippen molar-refractivity contribution in [3.8, 4) is 0 Å². The van der Waals surface area contributed by atoms with Crippen molar-refractivity contribution in [2.75, 3.05) is 18.0 Å². The van der Waals surface area contributed by atoms with E-state index < -0.39 is 10.7 Å². The third-order valence-corrected chi connectivity index (χ3v) is 3.98. The largest absolute Gasteiger partial charge is 0.367 e. The van der Waals surface area contributed by atoms with E-state index in [1.54, 1.807) is 17.0 Å². The van der Waals surface area contributed by atoms with E-state index in [1.807, 2.05) is 6.92 Å². The van der Waals surface area contributed by atoms with Gasteiger partial charge in [0.2, 0.25) is 0 Å². The summed E-state index contributed by atoms with van der Waals surface area (Å²) in [5.74, 6) is -0.990. The van der Waals surface area contributed by atoms with Gasteiger partial charge in [0.1, 0.15) is 23.4 Å². The van der Waals surface area contributed by atoms with Crippen molar-refractivity contribution in [3.63, 3.8) is 0 Å². The summed E-state index contributed by atoms with van der Waals surface area (Å²) in [7, 11) is 0. The summed E-state index contributed by atoms with van der Waals surface area (Å²) < 4.78 is 32.3. The Labute approximate surface area is 137 Å². The molecule has 0 bridgehead atoms. The first-order chi connectivity index (χ1) is 11.4. The summed E-state index contributed by atoms with van der Waals surface area (Å²) >= 11 is 0. The lowest BCUT2D eigenvalue weighted by Crippen LogP contribution is -2.43. The molecule has 0 spiro atoms. The molecule has 1 saturated heterocycles. The Morgan fingerprint density at radius 2 is 1.79 bits per heavy atom. The van der Waals surface area contributed by atoms with Gasteiger partial charge in [-0.3, -0.25) is 10.1 Å². The van der Waals surface area contributed by atoms with E-state index >= 15 is 0 Å². The molecule has 0 radical (unpaired) electrons. The molecular weight excluding hydrogens is 318 g/mol. The van der Waals surface area contributed by atoms with Gasteiger partial charge < -0.3 is 9.64 Å². The third-order valence-electron chi connectivity index (χ3n) is 3.98. The van der Waals surface area contributed by atoms with Crippen LogP contribution in [-0.4, -0.2) is 24.1 Å². The highest BCUT2D eigenvalue weighted by atomic mass is 19.1. The summed E-state index contributed by atoms with van der Waals surface area (Å²) in [6.07, 6.45) is -0.530. The highest BCUT2D eigenvalue weighted by molar-refractivity contribution is 5.63. The van der Waals surface area contributed by atoms with Crippen LogP contribution in [-0.2, 0) is 4.74 Å². The fourth-order valence-electron chi connectivity index (χ4n) is 2.92. The van der Waals surface area contributed by atoms with Gasteiger partial charge in [0.15, 0.2) is 0 Å². The number of benzene rings is 2. The summed E-state index contributed by atoms with van der Waals surface area (Å²) in [6, 6.07) is 9.50. The number of nitrogens with zero attached hydrogens (tertiary/aromatic N) is 2. The Bertz CT molecular complexity index is 752. The van der Waals surface area contributed by atoms with Crippen LogP contribution in [0.1, 0.15) is 18.6 Å². The van der Waals surface area contributed by atoms with Crippen molar-refractivity contribution < 1.29 is 18.4 Å². The molecule has 2 aromatic carbocycles. The van der Waals surface area contributed by atoms with E-state index in [0.717, 1.165) is 11.6 Å². The second-order valence-electron chi connectivity index (χ2n) is 5.78. The van der Waals surface area contributed by atoms with Crippen molar-refractivity contribution in [2.24, 2.45) is 0 Å². The number of rotatable bonds is 3. The number of nitro groups is 1. The zero-order valence-corrected chi connectivity index (χ0v) is 13.0. The molecule has 0 aliphatic carbocycles. The Morgan fingerprint density at radius 1 is 1.12 bits per heavy atom. The molecule has 0 aromatic heterocycles. The minimum absolute atomic E-state index is 0.182. The first kappa shape index (κ1) is 16.3. The van der Waals surface area contributed by atoms with E-state index in [1.165, 1.54) is 24.3 Å². The van der Waals surface area contributed by atoms with Gasteiger partial charge in [-0.25, -0.2) is 8.78 Å². The average Bonchev–Trinajstić information content (AvgIpc) is 2.54. The summed E-state index contributed by atoms with van der Waals surface area (Å²) in [4.78, 5) is 12.4. The van der Waals surface area contributed by atoms with Crippen LogP contribution < -0.4 is 4.90 Å². The van der Waals surface area contributed by atoms with E-state index in [0.29, 0.717) is 18.8 Å². The van der Waals surface area contributed by atoms with Crippen molar-refractivity contribution in [1.29, 1.82) is 0 Å². The smallest absolute Gasteiger partial charge is 0.295 e. The van der Waals surface area contributed by atoms with Gasteiger partial charge in [-0.1, -0.05) is 12.1 Å². The molecule has 2 aromatic rings. The maximum absolute atomic E-state index is 13.3. The molecule has 0 saturated carbocycles. The molecule has 2 unspecified atom stereocenters. The fourth-order valence-corrected chi connectivity index (χ4v) is 2.92. The summed E-state index contributed by atoms with van der Waals surface area (Å²) in [6.45, 7) is 2.67. The third kappa shape index (κ3) is 3.35. The molecular formula is C17H16F2N2O3. The van der Waals surface area contributed by atoms with Crippen LogP contribution in [0.5, 0.6) is 0 Å². The number of ether oxygens (including phenoxy) is 1. The molecule has 1 aliphatic heterocycles. The van der Waals surface area contributed by atoms with Gasteiger partial charge in [-0.2, -0.15) is 0 Å². The van der Waals surface area contributed by atoms with Crippen LogP contribution in [0.3, 0.4) is 0 Å². The van der Waals surface area contributed by atoms with E-state index in [4.69, 9.17) is 4.74 Å². The Hall–Kier alpha value is -2.54. The van der Waals surface area contributed by atoms with E-state index in [9.17, 15) is 18.9 Å². The number of morpholine rings is 1. The topological polar surface area (TPSA) is 55.6 Å². The summed E-state index contributed by atoms with van der Waals surface area (Å²) in [5.41, 5.74) is 0.864. The van der Waals surface area contributed by atoms with Gasteiger partial charge in [-0.15, -0.1) is 0 Å². The molecule has 3 rings (SSSR count). The molecule has 126 valence electrons. The number of halogens is 2. The van der Waals surface area contributed by atoms with Gasteiger partial charge in [0.05, 0.1) is 17.1 Å². The Morgan fingerprint density at radius 3 is 2.46 bits per heavy atom. The highest BCUT2D eigenvalue weighted by Gasteiger charge is 2.30. The number of hydrogen-bond donors (Lipinski definition) is 0. The molecule has 2 atom stereocenters. The van der Waals surface area contributed by atoms with Crippen LogP contribution in [0.25, 0.3) is 0 Å². The number of anilines is 1. The molecule has 5 nitrogen and oxygen atoms in total. The lowest BCUT2D eigenvalue weighted by molar-refractivity contribution is -0.384. The highest BCUT2D eigenvalue weighted by Crippen LogP contribution is 2.34. The van der Waals surface area contributed by atoms with Crippen LogP contribution in [0.2, 0.25) is 0 Å². The maximum atomic E-state index is 13.3. The average molecular weight is 334 g/mol. The molecule has 7 heteroatoms. The predicted molar refractivity (Wildman–Crippen MR) is 85.0 cm³/mol. The molecule has 0 N–H and O–H groups in total. The fraction of sp³-hybridized carbons (Fsp3) is 0.294. The first-order valence-electron chi connectivity index (χ1n) is 7.54. The van der Waals surface area contributed by atoms with Crippen molar-refractivity contribution >= 4 is 11.4 Å². The molecule has 1 aliphatic rings. The predicted octanol–water partition coefficient (Wildman–Crippen LogP) is 3.84. The van der Waals surface area contributed by atoms with Gasteiger partial charge in [-0.05, 0) is 36.8 Å². The first-order valence-corrected chi connectivity index (χ1v) is 7.54. The monoisotopic (exact) mass is 334 g/mol. The van der Waals surface area contributed by atoms with Gasteiger partial charge >= 0.3 is 0 Å². The van der Waals surface area contributed by atoms with Crippen LogP contribution in [0.4, 0.5) is 20.2 Å². The maximum Gasteiger partial charge on any atom is 0.295 e. The second-order valence-corrected chi connectivity index (χ2v) is 5.78.